The molecule has 13 heteroatoms. The molecule has 0 radical (unpaired) electrons. The van der Waals surface area contributed by atoms with E-state index in [2.05, 4.69) is 0 Å². The van der Waals surface area contributed by atoms with Crippen molar-refractivity contribution in [3.8, 4) is 17.2 Å². The summed E-state index contributed by atoms with van der Waals surface area (Å²) >= 11 is 0. The maximum Gasteiger partial charge on any atom is 0.167 e. The quantitative estimate of drug-likeness (QED) is 0.270. The molecular formula is C31H43ClO12. The highest BCUT2D eigenvalue weighted by molar-refractivity contribution is 6.34. The summed E-state index contributed by atoms with van der Waals surface area (Å²) in [6.07, 6.45) is -0.105. The average Bonchev–Trinajstić information content (AvgIpc) is 2.87. The average molecular weight is 643 g/mol. The number of ketones is 8. The Morgan fingerprint density at radius 2 is 0.932 bits per heavy atom. The van der Waals surface area contributed by atoms with Crippen molar-refractivity contribution in [2.45, 2.75) is 75.7 Å². The van der Waals surface area contributed by atoms with E-state index in [0.717, 1.165) is 19.2 Å². The Morgan fingerprint density at radius 1 is 0.636 bits per heavy atom. The van der Waals surface area contributed by atoms with Gasteiger partial charge in [0.05, 0.1) is 28.1 Å². The highest BCUT2D eigenvalue weighted by Gasteiger charge is 2.59. The van der Waals surface area contributed by atoms with Crippen molar-refractivity contribution in [1.82, 2.24) is 0 Å². The smallest absolute Gasteiger partial charge is 0.167 e. The van der Waals surface area contributed by atoms with Crippen LogP contribution in [0.3, 0.4) is 0 Å². The number of aliphatic hydroxyl groups is 1. The minimum atomic E-state index is -1.28. The Labute approximate surface area is 262 Å². The number of hydrogen-bond donors (Lipinski definition) is 4. The van der Waals surface area contributed by atoms with Crippen LogP contribution >= 0.6 is 12.4 Å². The largest absolute Gasteiger partial charge is 0.508 e. The van der Waals surface area contributed by atoms with E-state index in [1.165, 1.54) is 41.5 Å². The highest BCUT2D eigenvalue weighted by atomic mass is 35.5. The van der Waals surface area contributed by atoms with Crippen LogP contribution in [0.1, 0.15) is 86.0 Å². The van der Waals surface area contributed by atoms with E-state index >= 15 is 0 Å². The van der Waals surface area contributed by atoms with Crippen molar-refractivity contribution >= 4 is 58.7 Å². The van der Waals surface area contributed by atoms with Crippen LogP contribution in [-0.2, 0) is 33.6 Å². The first-order chi connectivity index (χ1) is 19.3. The van der Waals surface area contributed by atoms with Crippen LogP contribution in [0.25, 0.3) is 0 Å². The number of aromatic hydroxyl groups is 3. The SMILES string of the molecule is CC(=O)C1C(=O)C(C)(C)C(=O)C(C)(C)C1=O.CC(=O)c1c(O)cc(O)cc1O.CC1(C)C(=O)CC(=O)C(C)(C)C1=O.CO.Cl. The molecule has 0 bridgehead atoms. The van der Waals surface area contributed by atoms with Crippen LogP contribution in [0.15, 0.2) is 12.1 Å². The second-order valence-corrected chi connectivity index (χ2v) is 12.4. The van der Waals surface area contributed by atoms with E-state index < -0.39 is 68.0 Å². The summed E-state index contributed by atoms with van der Waals surface area (Å²) in [7, 11) is 1.00. The van der Waals surface area contributed by atoms with Crippen molar-refractivity contribution in [2.75, 3.05) is 7.11 Å². The molecule has 2 saturated carbocycles. The summed E-state index contributed by atoms with van der Waals surface area (Å²) in [5.74, 6) is -5.67. The van der Waals surface area contributed by atoms with E-state index in [9.17, 15) is 38.4 Å². The molecular weight excluding hydrogens is 600 g/mol. The van der Waals surface area contributed by atoms with E-state index in [1.807, 2.05) is 0 Å². The van der Waals surface area contributed by atoms with Crippen LogP contribution in [0.5, 0.6) is 17.2 Å². The minimum Gasteiger partial charge on any atom is -0.508 e. The van der Waals surface area contributed by atoms with Gasteiger partial charge in [-0.15, -0.1) is 12.4 Å². The predicted octanol–water partition coefficient (Wildman–Crippen LogP) is 3.15. The number of Topliss-reactive ketones (excluding diaryl/α,β-unsaturated/α-hetero) is 8. The van der Waals surface area contributed by atoms with Gasteiger partial charge in [-0.05, 0) is 69.2 Å². The van der Waals surface area contributed by atoms with Crippen LogP contribution in [0.2, 0.25) is 0 Å². The van der Waals surface area contributed by atoms with Crippen molar-refractivity contribution in [3.63, 3.8) is 0 Å². The number of halogens is 1. The van der Waals surface area contributed by atoms with E-state index in [4.69, 9.17) is 20.4 Å². The van der Waals surface area contributed by atoms with Crippen LogP contribution in [0, 0.1) is 27.6 Å². The van der Waals surface area contributed by atoms with Gasteiger partial charge in [0.2, 0.25) is 0 Å². The normalized spacial score (nSPS) is 19.5. The van der Waals surface area contributed by atoms with Crippen molar-refractivity contribution in [2.24, 2.45) is 27.6 Å². The number of aliphatic hydroxyl groups excluding tert-OH is 1. The summed E-state index contributed by atoms with van der Waals surface area (Å²) in [6, 6.07) is 1.99. The Kier molecular flexibility index (Phi) is 14.3. The first-order valence-electron chi connectivity index (χ1n) is 13.2. The summed E-state index contributed by atoms with van der Waals surface area (Å²) in [5, 5.41) is 34.1. The molecule has 1 aromatic rings. The molecule has 2 aliphatic rings. The molecule has 0 atom stereocenters. The second-order valence-electron chi connectivity index (χ2n) is 12.4. The maximum absolute atomic E-state index is 12.0. The van der Waals surface area contributed by atoms with Gasteiger partial charge in [-0.25, -0.2) is 0 Å². The Morgan fingerprint density at radius 3 is 1.20 bits per heavy atom. The number of hydrogen-bond acceptors (Lipinski definition) is 12. The number of phenolic OH excluding ortho intramolecular Hbond substituents is 3. The molecule has 246 valence electrons. The molecule has 1 aromatic carbocycles. The third-order valence-electron chi connectivity index (χ3n) is 7.58. The molecule has 0 unspecified atom stereocenters. The number of rotatable bonds is 2. The predicted molar refractivity (Wildman–Crippen MR) is 161 cm³/mol. The molecule has 0 amide bonds. The monoisotopic (exact) mass is 642 g/mol. The fourth-order valence-electron chi connectivity index (χ4n) is 4.80. The fourth-order valence-corrected chi connectivity index (χ4v) is 4.80. The maximum atomic E-state index is 12.0. The number of phenols is 3. The molecule has 12 nitrogen and oxygen atoms in total. The van der Waals surface area contributed by atoms with Gasteiger partial charge in [-0.3, -0.25) is 38.4 Å². The topological polar surface area (TPSA) is 217 Å². The van der Waals surface area contributed by atoms with E-state index in [1.54, 1.807) is 27.7 Å². The number of carbonyl (C=O) groups excluding carboxylic acids is 8. The number of carbonyl (C=O) groups is 8. The summed E-state index contributed by atoms with van der Waals surface area (Å²) in [4.78, 5) is 92.5. The molecule has 2 fully saturated rings. The zero-order valence-electron chi connectivity index (χ0n) is 26.9. The first-order valence-corrected chi connectivity index (χ1v) is 13.2. The van der Waals surface area contributed by atoms with Gasteiger partial charge in [-0.2, -0.15) is 0 Å². The lowest BCUT2D eigenvalue weighted by Crippen LogP contribution is -2.58. The Hall–Kier alpha value is -3.77. The fraction of sp³-hybridized carbons (Fsp3) is 0.548. The minimum absolute atomic E-state index is 0. The van der Waals surface area contributed by atoms with Gasteiger partial charge in [0.15, 0.2) is 40.5 Å². The molecule has 4 N–H and O–H groups in total. The van der Waals surface area contributed by atoms with Crippen LogP contribution in [0.4, 0.5) is 0 Å². The molecule has 0 aliphatic heterocycles. The summed E-state index contributed by atoms with van der Waals surface area (Å²) in [6.45, 7) is 14.7. The highest BCUT2D eigenvalue weighted by Crippen LogP contribution is 2.41. The van der Waals surface area contributed by atoms with Gasteiger partial charge in [-0.1, -0.05) is 0 Å². The molecule has 0 heterocycles. The molecule has 44 heavy (non-hydrogen) atoms. The standard InChI is InChI=1S/C12H16O4.C10H14O3.C8H8O4.CH4O.ClH/c1-6(13)7-8(14)11(2,3)10(16)12(4,5)9(7)15;1-9(2)6(11)5-7(12)10(3,4)8(9)13;1-4(9)8-6(11)2-5(10)3-7(8)12;1-2;/h7H,1-5H3;5H2,1-4H3;2-3,10-12H,1H3;2H,1H3;1H. The lowest BCUT2D eigenvalue weighted by Gasteiger charge is -2.39. The number of benzene rings is 1. The van der Waals surface area contributed by atoms with Gasteiger partial charge in [0.25, 0.3) is 0 Å². The van der Waals surface area contributed by atoms with Crippen molar-refractivity contribution < 1.29 is 58.8 Å². The first kappa shape index (κ1) is 42.4. The van der Waals surface area contributed by atoms with Gasteiger partial charge in [0, 0.05) is 19.2 Å². The van der Waals surface area contributed by atoms with E-state index in [-0.39, 0.29) is 47.5 Å². The molecule has 0 spiro atoms. The summed E-state index contributed by atoms with van der Waals surface area (Å²) < 4.78 is 0. The molecule has 0 aromatic heterocycles. The van der Waals surface area contributed by atoms with Gasteiger partial charge < -0.3 is 20.4 Å². The van der Waals surface area contributed by atoms with E-state index in [0.29, 0.717) is 0 Å². The lowest BCUT2D eigenvalue weighted by atomic mass is 9.58. The van der Waals surface area contributed by atoms with Crippen molar-refractivity contribution in [3.05, 3.63) is 17.7 Å². The van der Waals surface area contributed by atoms with Gasteiger partial charge in [0.1, 0.15) is 34.5 Å². The van der Waals surface area contributed by atoms with Gasteiger partial charge >= 0.3 is 0 Å². The zero-order chi connectivity index (χ0) is 34.6. The van der Waals surface area contributed by atoms with Crippen molar-refractivity contribution in [1.29, 1.82) is 0 Å². The molecule has 3 rings (SSSR count). The Balaban J connectivity index is 0. The third-order valence-corrected chi connectivity index (χ3v) is 7.58. The summed E-state index contributed by atoms with van der Waals surface area (Å²) in [5.41, 5.74) is -4.66. The second kappa shape index (κ2) is 14.8. The third kappa shape index (κ3) is 8.23. The molecule has 2 aliphatic carbocycles. The van der Waals surface area contributed by atoms with Crippen LogP contribution in [-0.4, -0.2) is 73.8 Å². The zero-order valence-corrected chi connectivity index (χ0v) is 27.7. The lowest BCUT2D eigenvalue weighted by molar-refractivity contribution is -0.162. The molecule has 0 saturated heterocycles. The Bertz CT molecular complexity index is 1280. The van der Waals surface area contributed by atoms with Crippen LogP contribution < -0.4 is 0 Å².